The lowest BCUT2D eigenvalue weighted by molar-refractivity contribution is -0.123. The van der Waals surface area contributed by atoms with E-state index in [2.05, 4.69) is 24.5 Å². The van der Waals surface area contributed by atoms with Crippen LogP contribution in [0.4, 0.5) is 0 Å². The van der Waals surface area contributed by atoms with Gasteiger partial charge in [-0.1, -0.05) is 37.6 Å². The third-order valence-corrected chi connectivity index (χ3v) is 3.20. The molecule has 1 rings (SSSR count). The van der Waals surface area contributed by atoms with Crippen molar-refractivity contribution in [3.05, 3.63) is 34.9 Å². The van der Waals surface area contributed by atoms with Crippen molar-refractivity contribution in [2.75, 3.05) is 6.54 Å². The first-order valence-corrected chi connectivity index (χ1v) is 7.07. The topological polar surface area (TPSA) is 41.1 Å². The lowest BCUT2D eigenvalue weighted by Gasteiger charge is -2.20. The number of amides is 1. The molecule has 1 aromatic carbocycles. The van der Waals surface area contributed by atoms with Gasteiger partial charge in [0.15, 0.2) is 0 Å². The lowest BCUT2D eigenvalue weighted by Crippen LogP contribution is -2.44. The first kappa shape index (κ1) is 16.0. The molecule has 0 saturated heterocycles. The molecule has 1 aromatic rings. The Morgan fingerprint density at radius 3 is 2.26 bits per heavy atom. The SMILES string of the molecule is CC(C)CNC(=O)C(C)NC(C)c1ccc(Cl)cc1. The van der Waals surface area contributed by atoms with Gasteiger partial charge in [-0.2, -0.15) is 0 Å². The van der Waals surface area contributed by atoms with Crippen LogP contribution in [0.15, 0.2) is 24.3 Å². The van der Waals surface area contributed by atoms with Crippen molar-refractivity contribution in [2.45, 2.75) is 39.8 Å². The number of rotatable bonds is 6. The molecule has 0 aliphatic carbocycles. The van der Waals surface area contributed by atoms with E-state index in [0.717, 1.165) is 10.6 Å². The van der Waals surface area contributed by atoms with Crippen molar-refractivity contribution in [1.82, 2.24) is 10.6 Å². The maximum atomic E-state index is 11.9. The van der Waals surface area contributed by atoms with Crippen LogP contribution in [-0.4, -0.2) is 18.5 Å². The molecule has 0 bridgehead atoms. The Labute approximate surface area is 120 Å². The third-order valence-electron chi connectivity index (χ3n) is 2.95. The number of nitrogens with one attached hydrogen (secondary N) is 2. The van der Waals surface area contributed by atoms with E-state index in [1.165, 1.54) is 0 Å². The molecular weight excluding hydrogens is 260 g/mol. The molecule has 0 aliphatic heterocycles. The van der Waals surface area contributed by atoms with E-state index in [0.29, 0.717) is 12.5 Å². The van der Waals surface area contributed by atoms with Gasteiger partial charge in [-0.25, -0.2) is 0 Å². The standard InChI is InChI=1S/C15H23ClN2O/c1-10(2)9-17-15(19)12(4)18-11(3)13-5-7-14(16)8-6-13/h5-8,10-12,18H,9H2,1-4H3,(H,17,19). The van der Waals surface area contributed by atoms with Gasteiger partial charge < -0.3 is 5.32 Å². The summed E-state index contributed by atoms with van der Waals surface area (Å²) in [6.45, 7) is 8.78. The Bertz CT molecular complexity index is 403. The fraction of sp³-hybridized carbons (Fsp3) is 0.533. The van der Waals surface area contributed by atoms with Crippen LogP contribution in [-0.2, 0) is 4.79 Å². The fourth-order valence-electron chi connectivity index (χ4n) is 1.76. The molecular formula is C15H23ClN2O. The zero-order chi connectivity index (χ0) is 14.4. The minimum atomic E-state index is -0.218. The van der Waals surface area contributed by atoms with E-state index in [9.17, 15) is 4.79 Å². The zero-order valence-electron chi connectivity index (χ0n) is 12.0. The number of benzene rings is 1. The maximum absolute atomic E-state index is 11.9. The highest BCUT2D eigenvalue weighted by Crippen LogP contribution is 2.16. The number of hydrogen-bond acceptors (Lipinski definition) is 2. The quantitative estimate of drug-likeness (QED) is 0.841. The van der Waals surface area contributed by atoms with E-state index < -0.39 is 0 Å². The second-order valence-electron chi connectivity index (χ2n) is 5.30. The third kappa shape index (κ3) is 5.62. The molecule has 4 heteroatoms. The van der Waals surface area contributed by atoms with Crippen molar-refractivity contribution < 1.29 is 4.79 Å². The van der Waals surface area contributed by atoms with Crippen molar-refractivity contribution in [3.8, 4) is 0 Å². The Kier molecular flexibility index (Phi) is 6.32. The van der Waals surface area contributed by atoms with Crippen LogP contribution in [0.1, 0.15) is 39.3 Å². The lowest BCUT2D eigenvalue weighted by atomic mass is 10.1. The summed E-state index contributed by atoms with van der Waals surface area (Å²) < 4.78 is 0. The van der Waals surface area contributed by atoms with Crippen molar-refractivity contribution in [3.63, 3.8) is 0 Å². The van der Waals surface area contributed by atoms with Crippen LogP contribution in [0.2, 0.25) is 5.02 Å². The van der Waals surface area contributed by atoms with Gasteiger partial charge in [0.1, 0.15) is 0 Å². The molecule has 2 atom stereocenters. The highest BCUT2D eigenvalue weighted by atomic mass is 35.5. The summed E-state index contributed by atoms with van der Waals surface area (Å²) in [5.41, 5.74) is 1.12. The van der Waals surface area contributed by atoms with Gasteiger partial charge in [0.25, 0.3) is 0 Å². The highest BCUT2D eigenvalue weighted by molar-refractivity contribution is 6.30. The number of carbonyl (C=O) groups is 1. The van der Waals surface area contributed by atoms with E-state index in [4.69, 9.17) is 11.6 Å². The van der Waals surface area contributed by atoms with Crippen molar-refractivity contribution in [2.24, 2.45) is 5.92 Å². The molecule has 1 amide bonds. The maximum Gasteiger partial charge on any atom is 0.236 e. The largest absolute Gasteiger partial charge is 0.354 e. The van der Waals surface area contributed by atoms with Gasteiger partial charge in [-0.3, -0.25) is 10.1 Å². The van der Waals surface area contributed by atoms with Crippen LogP contribution in [0.25, 0.3) is 0 Å². The van der Waals surface area contributed by atoms with Gasteiger partial charge in [0.05, 0.1) is 6.04 Å². The first-order chi connectivity index (χ1) is 8.90. The highest BCUT2D eigenvalue weighted by Gasteiger charge is 2.16. The minimum absolute atomic E-state index is 0.0366. The monoisotopic (exact) mass is 282 g/mol. The van der Waals surface area contributed by atoms with Gasteiger partial charge in [0, 0.05) is 17.6 Å². The molecule has 0 spiro atoms. The molecule has 0 radical (unpaired) electrons. The Balaban J connectivity index is 2.49. The predicted molar refractivity (Wildman–Crippen MR) is 80.3 cm³/mol. The zero-order valence-corrected chi connectivity index (χ0v) is 12.8. The van der Waals surface area contributed by atoms with E-state index in [1.807, 2.05) is 38.1 Å². The molecule has 3 nitrogen and oxygen atoms in total. The van der Waals surface area contributed by atoms with Crippen molar-refractivity contribution >= 4 is 17.5 Å². The molecule has 19 heavy (non-hydrogen) atoms. The normalized spacial score (nSPS) is 14.2. The van der Waals surface area contributed by atoms with Crippen molar-refractivity contribution in [1.29, 1.82) is 0 Å². The molecule has 0 saturated carbocycles. The molecule has 0 fully saturated rings. The Hall–Kier alpha value is -1.06. The average molecular weight is 283 g/mol. The fourth-order valence-corrected chi connectivity index (χ4v) is 1.88. The Morgan fingerprint density at radius 2 is 1.74 bits per heavy atom. The number of halogens is 1. The first-order valence-electron chi connectivity index (χ1n) is 6.69. The Morgan fingerprint density at radius 1 is 1.16 bits per heavy atom. The van der Waals surface area contributed by atoms with E-state index in [-0.39, 0.29) is 18.0 Å². The number of carbonyl (C=O) groups excluding carboxylic acids is 1. The van der Waals surface area contributed by atoms with Crippen LogP contribution < -0.4 is 10.6 Å². The second kappa shape index (κ2) is 7.51. The van der Waals surface area contributed by atoms with Gasteiger partial charge in [0.2, 0.25) is 5.91 Å². The average Bonchev–Trinajstić information content (AvgIpc) is 2.36. The predicted octanol–water partition coefficient (Wildman–Crippen LogP) is 3.15. The van der Waals surface area contributed by atoms with Gasteiger partial charge in [-0.05, 0) is 37.5 Å². The molecule has 2 unspecified atom stereocenters. The number of hydrogen-bond donors (Lipinski definition) is 2. The summed E-state index contributed by atoms with van der Waals surface area (Å²) in [5, 5.41) is 6.93. The van der Waals surface area contributed by atoms with Crippen LogP contribution in [0.5, 0.6) is 0 Å². The molecule has 106 valence electrons. The summed E-state index contributed by atoms with van der Waals surface area (Å²) in [4.78, 5) is 11.9. The smallest absolute Gasteiger partial charge is 0.236 e. The summed E-state index contributed by atoms with van der Waals surface area (Å²) in [7, 11) is 0. The van der Waals surface area contributed by atoms with Crippen LogP contribution >= 0.6 is 11.6 Å². The van der Waals surface area contributed by atoms with Gasteiger partial charge >= 0.3 is 0 Å². The molecule has 0 heterocycles. The van der Waals surface area contributed by atoms with E-state index >= 15 is 0 Å². The molecule has 0 aliphatic rings. The minimum Gasteiger partial charge on any atom is -0.354 e. The summed E-state index contributed by atoms with van der Waals surface area (Å²) in [6, 6.07) is 7.55. The van der Waals surface area contributed by atoms with E-state index in [1.54, 1.807) is 0 Å². The molecule has 2 N–H and O–H groups in total. The van der Waals surface area contributed by atoms with Crippen LogP contribution in [0, 0.1) is 5.92 Å². The second-order valence-corrected chi connectivity index (χ2v) is 5.74. The van der Waals surface area contributed by atoms with Gasteiger partial charge in [-0.15, -0.1) is 0 Å². The molecule has 0 aromatic heterocycles. The summed E-state index contributed by atoms with van der Waals surface area (Å²) in [6.07, 6.45) is 0. The summed E-state index contributed by atoms with van der Waals surface area (Å²) >= 11 is 5.86. The summed E-state index contributed by atoms with van der Waals surface area (Å²) in [5.74, 6) is 0.499. The van der Waals surface area contributed by atoms with Crippen LogP contribution in [0.3, 0.4) is 0 Å².